The molecule has 0 fully saturated rings. The SMILES string of the molecule is Nc1cccc(CN(CCO)Cc2cccc(N)n2)n1. The second kappa shape index (κ2) is 6.83. The maximum Gasteiger partial charge on any atom is 0.123 e. The summed E-state index contributed by atoms with van der Waals surface area (Å²) in [4.78, 5) is 10.6. The fourth-order valence-electron chi connectivity index (χ4n) is 1.99. The Bertz CT molecular complexity index is 513. The standard InChI is InChI=1S/C14H19N5O/c15-13-5-1-3-11(17-13)9-19(7-8-20)10-12-4-2-6-14(16)18-12/h1-6,20H,7-10H2,(H2,15,17)(H2,16,18). The van der Waals surface area contributed by atoms with Gasteiger partial charge in [-0.1, -0.05) is 12.1 Å². The fourth-order valence-corrected chi connectivity index (χ4v) is 1.99. The molecule has 6 nitrogen and oxygen atoms in total. The highest BCUT2D eigenvalue weighted by Gasteiger charge is 2.09. The van der Waals surface area contributed by atoms with Crippen molar-refractivity contribution >= 4 is 11.6 Å². The monoisotopic (exact) mass is 273 g/mol. The van der Waals surface area contributed by atoms with Crippen molar-refractivity contribution < 1.29 is 5.11 Å². The van der Waals surface area contributed by atoms with Crippen molar-refractivity contribution in [1.82, 2.24) is 14.9 Å². The number of nitrogen functional groups attached to an aromatic ring is 2. The van der Waals surface area contributed by atoms with Crippen molar-refractivity contribution in [3.05, 3.63) is 47.8 Å². The molecule has 2 rings (SSSR count). The van der Waals surface area contributed by atoms with E-state index in [0.29, 0.717) is 31.3 Å². The molecule has 0 aromatic carbocycles. The van der Waals surface area contributed by atoms with Gasteiger partial charge in [0.2, 0.25) is 0 Å². The molecule has 6 heteroatoms. The van der Waals surface area contributed by atoms with Crippen LogP contribution in [0.15, 0.2) is 36.4 Å². The lowest BCUT2D eigenvalue weighted by atomic mass is 10.2. The van der Waals surface area contributed by atoms with Crippen LogP contribution in [0.5, 0.6) is 0 Å². The third kappa shape index (κ3) is 4.18. The Morgan fingerprint density at radius 3 is 1.80 bits per heavy atom. The van der Waals surface area contributed by atoms with Gasteiger partial charge >= 0.3 is 0 Å². The van der Waals surface area contributed by atoms with Gasteiger partial charge in [0, 0.05) is 19.6 Å². The average Bonchev–Trinajstić information content (AvgIpc) is 2.39. The van der Waals surface area contributed by atoms with Crippen LogP contribution in [0.3, 0.4) is 0 Å². The number of hydrogen-bond donors (Lipinski definition) is 3. The summed E-state index contributed by atoms with van der Waals surface area (Å²) in [5.74, 6) is 0.988. The Kier molecular flexibility index (Phi) is 4.86. The highest BCUT2D eigenvalue weighted by Crippen LogP contribution is 2.09. The predicted molar refractivity (Wildman–Crippen MR) is 78.5 cm³/mol. The summed E-state index contributed by atoms with van der Waals surface area (Å²) < 4.78 is 0. The van der Waals surface area contributed by atoms with E-state index >= 15 is 0 Å². The lowest BCUT2D eigenvalue weighted by Gasteiger charge is -2.20. The lowest BCUT2D eigenvalue weighted by Crippen LogP contribution is -2.27. The van der Waals surface area contributed by atoms with E-state index in [1.807, 2.05) is 29.2 Å². The maximum absolute atomic E-state index is 9.17. The predicted octanol–water partition coefficient (Wildman–Crippen LogP) is 0.635. The van der Waals surface area contributed by atoms with E-state index < -0.39 is 0 Å². The minimum atomic E-state index is 0.0740. The van der Waals surface area contributed by atoms with Crippen LogP contribution >= 0.6 is 0 Å². The van der Waals surface area contributed by atoms with Crippen LogP contribution in [-0.4, -0.2) is 33.1 Å². The Labute approximate surface area is 118 Å². The van der Waals surface area contributed by atoms with Crippen molar-refractivity contribution in [3.8, 4) is 0 Å². The van der Waals surface area contributed by atoms with Crippen molar-refractivity contribution in [2.75, 3.05) is 24.6 Å². The van der Waals surface area contributed by atoms with Crippen LogP contribution in [0.1, 0.15) is 11.4 Å². The van der Waals surface area contributed by atoms with Gasteiger partial charge in [0.1, 0.15) is 11.6 Å². The zero-order chi connectivity index (χ0) is 14.4. The second-order valence-electron chi connectivity index (χ2n) is 4.54. The van der Waals surface area contributed by atoms with Crippen molar-refractivity contribution in [2.24, 2.45) is 0 Å². The summed E-state index contributed by atoms with van der Waals surface area (Å²) in [5, 5.41) is 9.17. The van der Waals surface area contributed by atoms with Crippen LogP contribution < -0.4 is 11.5 Å². The Morgan fingerprint density at radius 2 is 1.40 bits per heavy atom. The summed E-state index contributed by atoms with van der Waals surface area (Å²) >= 11 is 0. The lowest BCUT2D eigenvalue weighted by molar-refractivity contribution is 0.181. The molecule has 0 bridgehead atoms. The zero-order valence-electron chi connectivity index (χ0n) is 11.2. The molecule has 2 aromatic rings. The first-order valence-corrected chi connectivity index (χ1v) is 6.43. The Hall–Kier alpha value is -2.18. The highest BCUT2D eigenvalue weighted by molar-refractivity contribution is 5.29. The number of hydrogen-bond acceptors (Lipinski definition) is 6. The molecule has 0 aliphatic rings. The van der Waals surface area contributed by atoms with E-state index in [4.69, 9.17) is 11.5 Å². The first-order chi connectivity index (χ1) is 9.67. The van der Waals surface area contributed by atoms with Crippen molar-refractivity contribution in [2.45, 2.75) is 13.1 Å². The van der Waals surface area contributed by atoms with Gasteiger partial charge in [0.15, 0.2) is 0 Å². The molecule has 0 saturated carbocycles. The molecule has 0 unspecified atom stereocenters. The number of aromatic nitrogens is 2. The smallest absolute Gasteiger partial charge is 0.123 e. The minimum Gasteiger partial charge on any atom is -0.395 e. The fraction of sp³-hybridized carbons (Fsp3) is 0.286. The summed E-state index contributed by atoms with van der Waals surface area (Å²) in [6, 6.07) is 11.1. The molecule has 0 atom stereocenters. The Morgan fingerprint density at radius 1 is 0.900 bits per heavy atom. The van der Waals surface area contributed by atoms with Crippen LogP contribution in [-0.2, 0) is 13.1 Å². The number of aliphatic hydroxyl groups excluding tert-OH is 1. The van der Waals surface area contributed by atoms with Gasteiger partial charge in [0.05, 0.1) is 18.0 Å². The number of nitrogens with zero attached hydrogens (tertiary/aromatic N) is 3. The van der Waals surface area contributed by atoms with Gasteiger partial charge < -0.3 is 16.6 Å². The number of anilines is 2. The van der Waals surface area contributed by atoms with Crippen LogP contribution in [0.2, 0.25) is 0 Å². The zero-order valence-corrected chi connectivity index (χ0v) is 11.2. The van der Waals surface area contributed by atoms with E-state index in [2.05, 4.69) is 9.97 Å². The molecule has 5 N–H and O–H groups in total. The largest absolute Gasteiger partial charge is 0.395 e. The Balaban J connectivity index is 2.07. The number of nitrogens with two attached hydrogens (primary N) is 2. The van der Waals surface area contributed by atoms with Crippen LogP contribution in [0, 0.1) is 0 Å². The van der Waals surface area contributed by atoms with Gasteiger partial charge in [-0.15, -0.1) is 0 Å². The number of pyridine rings is 2. The number of rotatable bonds is 6. The van der Waals surface area contributed by atoms with E-state index in [0.717, 1.165) is 11.4 Å². The molecule has 0 spiro atoms. The van der Waals surface area contributed by atoms with Gasteiger partial charge in [-0.3, -0.25) is 4.90 Å². The van der Waals surface area contributed by atoms with E-state index in [-0.39, 0.29) is 6.61 Å². The van der Waals surface area contributed by atoms with Gasteiger partial charge in [-0.05, 0) is 24.3 Å². The molecule has 0 aliphatic carbocycles. The molecular weight excluding hydrogens is 254 g/mol. The summed E-state index contributed by atoms with van der Waals surface area (Å²) in [6.45, 7) is 1.81. The number of aliphatic hydroxyl groups is 1. The van der Waals surface area contributed by atoms with E-state index in [9.17, 15) is 5.11 Å². The molecule has 0 saturated heterocycles. The summed E-state index contributed by atoms with van der Waals surface area (Å²) in [5.41, 5.74) is 13.1. The van der Waals surface area contributed by atoms with E-state index in [1.54, 1.807) is 12.1 Å². The highest BCUT2D eigenvalue weighted by atomic mass is 16.3. The average molecular weight is 273 g/mol. The van der Waals surface area contributed by atoms with Crippen molar-refractivity contribution in [1.29, 1.82) is 0 Å². The topological polar surface area (TPSA) is 101 Å². The van der Waals surface area contributed by atoms with Crippen molar-refractivity contribution in [3.63, 3.8) is 0 Å². The summed E-state index contributed by atoms with van der Waals surface area (Å²) in [6.07, 6.45) is 0. The van der Waals surface area contributed by atoms with E-state index in [1.165, 1.54) is 0 Å². The third-order valence-electron chi connectivity index (χ3n) is 2.84. The normalized spacial score (nSPS) is 10.9. The first kappa shape index (κ1) is 14.2. The maximum atomic E-state index is 9.17. The minimum absolute atomic E-state index is 0.0740. The summed E-state index contributed by atoms with van der Waals surface area (Å²) in [7, 11) is 0. The molecule has 106 valence electrons. The molecule has 2 aromatic heterocycles. The molecule has 0 aliphatic heterocycles. The molecular formula is C14H19N5O. The molecule has 0 amide bonds. The van der Waals surface area contributed by atoms with Crippen LogP contribution in [0.4, 0.5) is 11.6 Å². The van der Waals surface area contributed by atoms with Gasteiger partial charge in [-0.2, -0.15) is 0 Å². The van der Waals surface area contributed by atoms with Gasteiger partial charge in [-0.25, -0.2) is 9.97 Å². The quantitative estimate of drug-likeness (QED) is 0.714. The molecule has 20 heavy (non-hydrogen) atoms. The third-order valence-corrected chi connectivity index (χ3v) is 2.84. The van der Waals surface area contributed by atoms with Gasteiger partial charge in [0.25, 0.3) is 0 Å². The second-order valence-corrected chi connectivity index (χ2v) is 4.54. The van der Waals surface area contributed by atoms with Crippen LogP contribution in [0.25, 0.3) is 0 Å². The molecule has 0 radical (unpaired) electrons. The first-order valence-electron chi connectivity index (χ1n) is 6.43. The molecule has 2 heterocycles.